The molecule has 0 aromatic rings. The molecule has 0 bridgehead atoms. The van der Waals surface area contributed by atoms with Crippen LogP contribution in [0.1, 0.15) is 0 Å². The summed E-state index contributed by atoms with van der Waals surface area (Å²) in [5.74, 6) is 0. The van der Waals surface area contributed by atoms with Crippen molar-refractivity contribution in [3.63, 3.8) is 0 Å². The maximum absolute atomic E-state index is 12.8. The second-order valence-electron chi connectivity index (χ2n) is 3.26. The Morgan fingerprint density at radius 2 is 1.16 bits per heavy atom. The first-order valence-electron chi connectivity index (χ1n) is 3.99. The normalized spacial score (nSPS) is 28.9. The maximum atomic E-state index is 12.8. The lowest BCUT2D eigenvalue weighted by Crippen LogP contribution is -2.77. The van der Waals surface area contributed by atoms with Crippen LogP contribution in [0.4, 0.5) is 43.9 Å². The van der Waals surface area contributed by atoms with Crippen LogP contribution < -0.4 is 0 Å². The van der Waals surface area contributed by atoms with Crippen LogP contribution in [-0.4, -0.2) is 41.5 Å². The minimum absolute atomic E-state index is 1.90. The van der Waals surface area contributed by atoms with E-state index in [4.69, 9.17) is 0 Å². The summed E-state index contributed by atoms with van der Waals surface area (Å²) in [6, 6.07) is -19.1. The molecule has 0 aliphatic carbocycles. The van der Waals surface area contributed by atoms with E-state index in [1.165, 1.54) is 0 Å². The molecule has 13 heteroatoms. The summed E-state index contributed by atoms with van der Waals surface area (Å²) in [5.41, 5.74) is 0. The van der Waals surface area contributed by atoms with E-state index in [-0.39, 0.29) is 0 Å². The summed E-state index contributed by atoms with van der Waals surface area (Å²) >= 11 is 0. The topological polar surface area (TPSA) is 29.5 Å². The molecule has 0 spiro atoms. The Balaban J connectivity index is 3.55. The summed E-state index contributed by atoms with van der Waals surface area (Å²) in [6.07, 6.45) is -14.7. The van der Waals surface area contributed by atoms with Crippen molar-refractivity contribution in [2.45, 2.75) is 30.4 Å². The van der Waals surface area contributed by atoms with E-state index in [2.05, 4.69) is 0 Å². The molecular weight excluding hydrogens is 308 g/mol. The smallest absolute Gasteiger partial charge is 0.295 e. The van der Waals surface area contributed by atoms with Gasteiger partial charge < -0.3 is 0 Å². The van der Waals surface area contributed by atoms with Gasteiger partial charge >= 0.3 is 30.4 Å². The van der Waals surface area contributed by atoms with Crippen LogP contribution in [-0.2, 0) is 9.53 Å². The van der Waals surface area contributed by atoms with Gasteiger partial charge in [-0.1, -0.05) is 4.90 Å². The van der Waals surface area contributed by atoms with Crippen LogP contribution >= 0.6 is 0 Å². The fourth-order valence-electron chi connectivity index (χ4n) is 1.15. The van der Waals surface area contributed by atoms with Crippen LogP contribution in [0.5, 0.6) is 0 Å². The van der Waals surface area contributed by atoms with Crippen molar-refractivity contribution in [2.24, 2.45) is 0 Å². The Morgan fingerprint density at radius 1 is 0.842 bits per heavy atom. The third-order valence-corrected chi connectivity index (χ3v) is 1.96. The van der Waals surface area contributed by atoms with Crippen LogP contribution in [0, 0.1) is 0 Å². The van der Waals surface area contributed by atoms with Crippen molar-refractivity contribution in [2.75, 3.05) is 0 Å². The molecule has 1 aliphatic rings. The summed E-state index contributed by atoms with van der Waals surface area (Å²) in [6.45, 7) is 0. The zero-order chi connectivity index (χ0) is 15.5. The second kappa shape index (κ2) is 3.71. The monoisotopic (exact) mass is 309 g/mol. The highest BCUT2D eigenvalue weighted by atomic mass is 19.4. The molecule has 1 saturated heterocycles. The molecule has 0 atom stereocenters. The van der Waals surface area contributed by atoms with E-state index in [1.807, 2.05) is 4.74 Å². The van der Waals surface area contributed by atoms with E-state index in [0.29, 0.717) is 0 Å². The van der Waals surface area contributed by atoms with E-state index >= 15 is 0 Å². The Hall–Kier alpha value is -1.11. The fraction of sp³-hybridized carbons (Fsp3) is 0.833. The molecule has 0 aromatic carbocycles. The number of ether oxygens (including phenoxy) is 1. The number of halogens is 10. The van der Waals surface area contributed by atoms with E-state index in [0.717, 1.165) is 0 Å². The number of alkyl halides is 10. The van der Waals surface area contributed by atoms with Crippen molar-refractivity contribution in [3.05, 3.63) is 0 Å². The van der Waals surface area contributed by atoms with Crippen molar-refractivity contribution >= 4 is 6.29 Å². The molecule has 112 valence electrons. The number of hydrogen-bond donors (Lipinski definition) is 0. The Morgan fingerprint density at radius 3 is 1.42 bits per heavy atom. The third-order valence-electron chi connectivity index (χ3n) is 1.96. The first kappa shape index (κ1) is 15.9. The Kier molecular flexibility index (Phi) is 3.12. The second-order valence-corrected chi connectivity index (χ2v) is 3.26. The molecule has 0 amide bonds. The van der Waals surface area contributed by atoms with Gasteiger partial charge in [-0.05, 0) is 0 Å². The highest BCUT2D eigenvalue weighted by molar-refractivity contribution is 5.59. The maximum Gasteiger partial charge on any atom is 0.439 e. The SMILES string of the molecule is O=CC(F)(F)N1C(F)(F)C(F)(F)OC(F)(F)C1(F)F. The summed E-state index contributed by atoms with van der Waals surface area (Å²) < 4.78 is 128. The highest BCUT2D eigenvalue weighted by Gasteiger charge is 2.86. The average Bonchev–Trinajstić information content (AvgIpc) is 2.12. The molecular formula is C6HF10NO2. The molecule has 1 aliphatic heterocycles. The van der Waals surface area contributed by atoms with Crippen LogP contribution in [0.25, 0.3) is 0 Å². The zero-order valence-corrected chi connectivity index (χ0v) is 8.12. The molecule has 1 rings (SSSR count). The van der Waals surface area contributed by atoms with Crippen molar-refractivity contribution in [1.29, 1.82) is 0 Å². The lowest BCUT2D eigenvalue weighted by molar-refractivity contribution is -0.580. The van der Waals surface area contributed by atoms with Gasteiger partial charge in [-0.15, -0.1) is 0 Å². The predicted molar refractivity (Wildman–Crippen MR) is 33.7 cm³/mol. The van der Waals surface area contributed by atoms with Gasteiger partial charge in [-0.3, -0.25) is 4.79 Å². The Labute approximate surface area is 96.2 Å². The van der Waals surface area contributed by atoms with Crippen LogP contribution in [0.3, 0.4) is 0 Å². The van der Waals surface area contributed by atoms with E-state index in [1.54, 1.807) is 0 Å². The molecule has 0 saturated carbocycles. The van der Waals surface area contributed by atoms with Gasteiger partial charge in [0.2, 0.25) is 6.29 Å². The molecule has 0 unspecified atom stereocenters. The lowest BCUT2D eigenvalue weighted by atomic mass is 10.2. The molecule has 0 aromatic heterocycles. The molecule has 1 heterocycles. The molecule has 1 fully saturated rings. The van der Waals surface area contributed by atoms with Crippen LogP contribution in [0.2, 0.25) is 0 Å². The van der Waals surface area contributed by atoms with Gasteiger partial charge in [0.15, 0.2) is 0 Å². The van der Waals surface area contributed by atoms with Crippen molar-refractivity contribution in [1.82, 2.24) is 4.90 Å². The quantitative estimate of drug-likeness (QED) is 0.446. The van der Waals surface area contributed by atoms with Gasteiger partial charge in [0.25, 0.3) is 0 Å². The van der Waals surface area contributed by atoms with Crippen molar-refractivity contribution < 1.29 is 53.4 Å². The molecule has 19 heavy (non-hydrogen) atoms. The summed E-state index contributed by atoms with van der Waals surface area (Å²) in [5, 5.41) is 0. The number of morpholine rings is 1. The number of rotatable bonds is 2. The van der Waals surface area contributed by atoms with Gasteiger partial charge in [-0.2, -0.15) is 43.9 Å². The van der Waals surface area contributed by atoms with Crippen LogP contribution in [0.15, 0.2) is 0 Å². The highest BCUT2D eigenvalue weighted by Crippen LogP contribution is 2.58. The van der Waals surface area contributed by atoms with Gasteiger partial charge in [0.05, 0.1) is 0 Å². The fourth-order valence-corrected chi connectivity index (χ4v) is 1.15. The minimum atomic E-state index is -6.57. The first-order chi connectivity index (χ1) is 8.13. The number of carbonyl (C=O) groups is 1. The van der Waals surface area contributed by atoms with Crippen molar-refractivity contribution in [3.8, 4) is 0 Å². The largest absolute Gasteiger partial charge is 0.439 e. The first-order valence-corrected chi connectivity index (χ1v) is 3.99. The zero-order valence-electron chi connectivity index (χ0n) is 8.12. The molecule has 3 nitrogen and oxygen atoms in total. The van der Waals surface area contributed by atoms with Gasteiger partial charge in [0.1, 0.15) is 0 Å². The Bertz CT molecular complexity index is 367. The summed E-state index contributed by atoms with van der Waals surface area (Å²) in [4.78, 5) is 6.56. The lowest BCUT2D eigenvalue weighted by Gasteiger charge is -2.48. The summed E-state index contributed by atoms with van der Waals surface area (Å²) in [7, 11) is 0. The predicted octanol–water partition coefficient (Wildman–Crippen LogP) is 2.48. The number of hydrogen-bond acceptors (Lipinski definition) is 3. The van der Waals surface area contributed by atoms with Gasteiger partial charge in [-0.25, -0.2) is 4.74 Å². The standard InChI is InChI=1S/C6HF10NO2/c7-2(8,1-18)17-3(9,10)5(13,14)19-6(15,16)4(17,11)12/h1H. The number of aldehydes is 1. The molecule has 0 N–H and O–H groups in total. The third kappa shape index (κ3) is 1.94. The van der Waals surface area contributed by atoms with E-state index in [9.17, 15) is 48.7 Å². The number of nitrogens with zero attached hydrogens (tertiary/aromatic N) is 1. The minimum Gasteiger partial charge on any atom is -0.295 e. The number of carbonyl (C=O) groups excluding carboxylic acids is 1. The van der Waals surface area contributed by atoms with Gasteiger partial charge in [0, 0.05) is 0 Å². The van der Waals surface area contributed by atoms with E-state index < -0.39 is 41.5 Å². The average molecular weight is 309 g/mol. The molecule has 0 radical (unpaired) electrons.